The zero-order valence-corrected chi connectivity index (χ0v) is 12.8. The maximum Gasteiger partial charge on any atom is 0.250 e. The van der Waals surface area contributed by atoms with Gasteiger partial charge in [-0.05, 0) is 31.5 Å². The van der Waals surface area contributed by atoms with Crippen LogP contribution < -0.4 is 10.0 Å². The molecule has 1 aromatic heterocycles. The van der Waals surface area contributed by atoms with Gasteiger partial charge in [-0.3, -0.25) is 0 Å². The topological polar surface area (TPSA) is 58.2 Å². The molecule has 104 valence electrons. The number of thiophene rings is 1. The van der Waals surface area contributed by atoms with Crippen LogP contribution in [0, 0.1) is 0 Å². The number of rotatable bonds is 8. The van der Waals surface area contributed by atoms with Gasteiger partial charge < -0.3 is 5.32 Å². The van der Waals surface area contributed by atoms with Crippen LogP contribution in [0.5, 0.6) is 0 Å². The first-order chi connectivity index (χ1) is 8.45. The standard InChI is InChI=1S/C12H22N2O2S2/c1-4-11-6-7-12(17-11)18(15,16)14-9-5-8-13-10(2)3/h6-7,10,13-14H,4-5,8-9H2,1-3H3. The number of hydrogen-bond donors (Lipinski definition) is 2. The lowest BCUT2D eigenvalue weighted by atomic mass is 10.3. The van der Waals surface area contributed by atoms with Crippen LogP contribution in [0.1, 0.15) is 32.1 Å². The van der Waals surface area contributed by atoms with E-state index in [-0.39, 0.29) is 0 Å². The van der Waals surface area contributed by atoms with E-state index in [2.05, 4.69) is 23.9 Å². The first kappa shape index (κ1) is 15.6. The monoisotopic (exact) mass is 290 g/mol. The van der Waals surface area contributed by atoms with E-state index in [1.807, 2.05) is 13.0 Å². The predicted molar refractivity (Wildman–Crippen MR) is 76.6 cm³/mol. The van der Waals surface area contributed by atoms with Crippen LogP contribution in [0.4, 0.5) is 0 Å². The third-order valence-electron chi connectivity index (χ3n) is 2.45. The maximum atomic E-state index is 11.9. The summed E-state index contributed by atoms with van der Waals surface area (Å²) in [5.74, 6) is 0. The highest BCUT2D eigenvalue weighted by molar-refractivity contribution is 7.91. The number of hydrogen-bond acceptors (Lipinski definition) is 4. The van der Waals surface area contributed by atoms with Crippen molar-refractivity contribution in [2.75, 3.05) is 13.1 Å². The van der Waals surface area contributed by atoms with Gasteiger partial charge in [0.25, 0.3) is 0 Å². The van der Waals surface area contributed by atoms with E-state index in [4.69, 9.17) is 0 Å². The van der Waals surface area contributed by atoms with E-state index in [1.165, 1.54) is 11.3 Å². The van der Waals surface area contributed by atoms with Gasteiger partial charge in [0.05, 0.1) is 0 Å². The molecule has 18 heavy (non-hydrogen) atoms. The zero-order valence-electron chi connectivity index (χ0n) is 11.2. The molecule has 0 aliphatic heterocycles. The van der Waals surface area contributed by atoms with Gasteiger partial charge in [0, 0.05) is 17.5 Å². The van der Waals surface area contributed by atoms with Gasteiger partial charge in [-0.1, -0.05) is 20.8 Å². The fraction of sp³-hybridized carbons (Fsp3) is 0.667. The molecule has 0 aliphatic carbocycles. The Balaban J connectivity index is 2.40. The molecule has 1 heterocycles. The second-order valence-corrected chi connectivity index (χ2v) is 7.60. The average molecular weight is 290 g/mol. The van der Waals surface area contributed by atoms with Crippen LogP contribution in [0.15, 0.2) is 16.3 Å². The number of aryl methyl sites for hydroxylation is 1. The highest BCUT2D eigenvalue weighted by atomic mass is 32.2. The number of sulfonamides is 1. The Morgan fingerprint density at radius 3 is 2.56 bits per heavy atom. The summed E-state index contributed by atoms with van der Waals surface area (Å²) >= 11 is 1.34. The predicted octanol–water partition coefficient (Wildman–Crippen LogP) is 1.98. The lowest BCUT2D eigenvalue weighted by molar-refractivity contribution is 0.555. The van der Waals surface area contributed by atoms with Gasteiger partial charge >= 0.3 is 0 Å². The van der Waals surface area contributed by atoms with Crippen molar-refractivity contribution in [1.82, 2.24) is 10.0 Å². The second kappa shape index (κ2) is 7.23. The first-order valence-corrected chi connectivity index (χ1v) is 8.57. The maximum absolute atomic E-state index is 11.9. The second-order valence-electron chi connectivity index (χ2n) is 4.43. The summed E-state index contributed by atoms with van der Waals surface area (Å²) in [6, 6.07) is 3.99. The Morgan fingerprint density at radius 2 is 2.00 bits per heavy atom. The van der Waals surface area contributed by atoms with Gasteiger partial charge in [0.1, 0.15) is 4.21 Å². The minimum Gasteiger partial charge on any atom is -0.314 e. The summed E-state index contributed by atoms with van der Waals surface area (Å²) in [5, 5.41) is 3.25. The third kappa shape index (κ3) is 5.06. The van der Waals surface area contributed by atoms with Crippen molar-refractivity contribution < 1.29 is 8.42 Å². The molecule has 0 spiro atoms. The summed E-state index contributed by atoms with van der Waals surface area (Å²) < 4.78 is 26.9. The Bertz CT molecular complexity index is 452. The lowest BCUT2D eigenvalue weighted by Crippen LogP contribution is -2.29. The molecule has 2 N–H and O–H groups in total. The van der Waals surface area contributed by atoms with Gasteiger partial charge in [-0.15, -0.1) is 11.3 Å². The fourth-order valence-corrected chi connectivity index (χ4v) is 3.86. The summed E-state index contributed by atoms with van der Waals surface area (Å²) in [4.78, 5) is 1.09. The Kier molecular flexibility index (Phi) is 6.28. The molecule has 1 aromatic rings. The smallest absolute Gasteiger partial charge is 0.250 e. The van der Waals surface area contributed by atoms with E-state index < -0.39 is 10.0 Å². The molecule has 0 aliphatic rings. The van der Waals surface area contributed by atoms with Crippen LogP contribution in [0.2, 0.25) is 0 Å². The highest BCUT2D eigenvalue weighted by Gasteiger charge is 2.15. The molecular formula is C12H22N2O2S2. The SMILES string of the molecule is CCc1ccc(S(=O)(=O)NCCCNC(C)C)s1. The van der Waals surface area contributed by atoms with Crippen molar-refractivity contribution in [3.05, 3.63) is 17.0 Å². The molecule has 0 fully saturated rings. The normalized spacial score (nSPS) is 12.2. The Morgan fingerprint density at radius 1 is 1.28 bits per heavy atom. The van der Waals surface area contributed by atoms with Crippen molar-refractivity contribution in [2.45, 2.75) is 43.9 Å². The Hall–Kier alpha value is -0.430. The van der Waals surface area contributed by atoms with Crippen LogP contribution in [-0.2, 0) is 16.4 Å². The molecule has 0 saturated heterocycles. The van der Waals surface area contributed by atoms with Gasteiger partial charge in [-0.2, -0.15) is 0 Å². The van der Waals surface area contributed by atoms with E-state index in [9.17, 15) is 8.42 Å². The summed E-state index contributed by atoms with van der Waals surface area (Å²) in [6.45, 7) is 7.46. The van der Waals surface area contributed by atoms with Crippen molar-refractivity contribution >= 4 is 21.4 Å². The molecule has 1 rings (SSSR count). The van der Waals surface area contributed by atoms with Crippen LogP contribution in [0.25, 0.3) is 0 Å². The van der Waals surface area contributed by atoms with E-state index in [1.54, 1.807) is 6.07 Å². The largest absolute Gasteiger partial charge is 0.314 e. The van der Waals surface area contributed by atoms with Crippen molar-refractivity contribution in [1.29, 1.82) is 0 Å². The highest BCUT2D eigenvalue weighted by Crippen LogP contribution is 2.21. The molecule has 0 radical (unpaired) electrons. The van der Waals surface area contributed by atoms with Crippen molar-refractivity contribution in [3.63, 3.8) is 0 Å². The van der Waals surface area contributed by atoms with Crippen LogP contribution in [-0.4, -0.2) is 27.5 Å². The first-order valence-electron chi connectivity index (χ1n) is 6.27. The quantitative estimate of drug-likeness (QED) is 0.720. The van der Waals surface area contributed by atoms with Gasteiger partial charge in [0.2, 0.25) is 10.0 Å². The molecule has 0 bridgehead atoms. The zero-order chi connectivity index (χ0) is 13.6. The van der Waals surface area contributed by atoms with E-state index in [0.717, 1.165) is 24.3 Å². The molecule has 0 unspecified atom stereocenters. The Labute approximate surface area is 114 Å². The molecule has 0 aromatic carbocycles. The molecule has 0 atom stereocenters. The third-order valence-corrected chi connectivity index (χ3v) is 5.63. The number of nitrogens with one attached hydrogen (secondary N) is 2. The van der Waals surface area contributed by atoms with Crippen molar-refractivity contribution in [2.24, 2.45) is 0 Å². The minimum absolute atomic E-state index is 0.413. The van der Waals surface area contributed by atoms with E-state index >= 15 is 0 Å². The minimum atomic E-state index is -3.31. The lowest BCUT2D eigenvalue weighted by Gasteiger charge is -2.08. The molecule has 0 amide bonds. The van der Waals surface area contributed by atoms with Gasteiger partial charge in [0.15, 0.2) is 0 Å². The fourth-order valence-electron chi connectivity index (χ4n) is 1.45. The molecule has 6 heteroatoms. The molecular weight excluding hydrogens is 268 g/mol. The summed E-state index contributed by atoms with van der Waals surface area (Å²) in [6.07, 6.45) is 1.67. The van der Waals surface area contributed by atoms with Gasteiger partial charge in [-0.25, -0.2) is 13.1 Å². The van der Waals surface area contributed by atoms with Crippen molar-refractivity contribution in [3.8, 4) is 0 Å². The summed E-state index contributed by atoms with van der Waals surface area (Å²) in [5.41, 5.74) is 0. The summed E-state index contributed by atoms with van der Waals surface area (Å²) in [7, 11) is -3.31. The average Bonchev–Trinajstić information content (AvgIpc) is 2.77. The van der Waals surface area contributed by atoms with Crippen LogP contribution >= 0.6 is 11.3 Å². The molecule has 4 nitrogen and oxygen atoms in total. The van der Waals surface area contributed by atoms with E-state index in [0.29, 0.717) is 16.8 Å². The van der Waals surface area contributed by atoms with Crippen LogP contribution in [0.3, 0.4) is 0 Å². The molecule has 0 saturated carbocycles.